The van der Waals surface area contributed by atoms with Crippen molar-refractivity contribution in [3.05, 3.63) is 0 Å². The summed E-state index contributed by atoms with van der Waals surface area (Å²) in [6.07, 6.45) is 6.94. The largest absolute Gasteiger partial charge is 0.356 e. The molecule has 0 heterocycles. The second kappa shape index (κ2) is 11.5. The number of hydrogen-bond donors (Lipinski definition) is 2. The summed E-state index contributed by atoms with van der Waals surface area (Å²) in [6.45, 7) is 3.55. The summed E-state index contributed by atoms with van der Waals surface area (Å²) in [7, 11) is 0. The number of rotatable bonds is 10. The van der Waals surface area contributed by atoms with Gasteiger partial charge >= 0.3 is 0 Å². The Morgan fingerprint density at radius 1 is 1.20 bits per heavy atom. The first-order chi connectivity index (χ1) is 7.31. The topological polar surface area (TPSA) is 64.3 Å². The van der Waals surface area contributed by atoms with E-state index in [1.54, 1.807) is 0 Å². The van der Waals surface area contributed by atoms with Gasteiger partial charge in [0, 0.05) is 13.0 Å². The quantitative estimate of drug-likeness (QED) is 0.432. The van der Waals surface area contributed by atoms with E-state index in [4.69, 9.17) is 5.90 Å². The molecule has 0 aromatic carbocycles. The third-order valence-electron chi connectivity index (χ3n) is 2.27. The van der Waals surface area contributed by atoms with Gasteiger partial charge < -0.3 is 10.2 Å². The summed E-state index contributed by atoms with van der Waals surface area (Å²) < 4.78 is 0. The minimum Gasteiger partial charge on any atom is -0.356 e. The fourth-order valence-electron chi connectivity index (χ4n) is 1.34. The van der Waals surface area contributed by atoms with Crippen LogP contribution in [0, 0.1) is 0 Å². The molecule has 1 amide bonds. The number of carbonyl (C=O) groups is 1. The summed E-state index contributed by atoms with van der Waals surface area (Å²) in [5.74, 6) is 5.05. The van der Waals surface area contributed by atoms with Gasteiger partial charge in [0.1, 0.15) is 0 Å². The van der Waals surface area contributed by atoms with Gasteiger partial charge in [-0.15, -0.1) is 0 Å². The number of hydrogen-bond acceptors (Lipinski definition) is 3. The Hall–Kier alpha value is -0.610. The summed E-state index contributed by atoms with van der Waals surface area (Å²) in [5, 5.41) is 2.91. The Morgan fingerprint density at radius 3 is 2.67 bits per heavy atom. The van der Waals surface area contributed by atoms with Gasteiger partial charge in [-0.3, -0.25) is 4.79 Å². The number of amides is 1. The van der Waals surface area contributed by atoms with Crippen molar-refractivity contribution in [3.8, 4) is 0 Å². The van der Waals surface area contributed by atoms with Crippen LogP contribution in [0.25, 0.3) is 0 Å². The van der Waals surface area contributed by atoms with E-state index in [-0.39, 0.29) is 5.91 Å². The molecule has 0 fully saturated rings. The molecule has 15 heavy (non-hydrogen) atoms. The molecule has 0 unspecified atom stereocenters. The third kappa shape index (κ3) is 11.3. The number of unbranched alkanes of at least 4 members (excludes halogenated alkanes) is 4. The molecule has 4 nitrogen and oxygen atoms in total. The Morgan fingerprint density at radius 2 is 2.00 bits per heavy atom. The van der Waals surface area contributed by atoms with E-state index in [2.05, 4.69) is 17.1 Å². The maximum atomic E-state index is 11.3. The van der Waals surface area contributed by atoms with Crippen molar-refractivity contribution in [1.82, 2.24) is 5.32 Å². The Bertz CT molecular complexity index is 152. The van der Waals surface area contributed by atoms with Crippen LogP contribution in [-0.2, 0) is 9.63 Å². The zero-order chi connectivity index (χ0) is 11.4. The van der Waals surface area contributed by atoms with Gasteiger partial charge in [-0.05, 0) is 19.3 Å². The van der Waals surface area contributed by atoms with Crippen LogP contribution in [0.1, 0.15) is 51.9 Å². The Balaban J connectivity index is 3.11. The summed E-state index contributed by atoms with van der Waals surface area (Å²) in [5.41, 5.74) is 0. The molecular formula is C11H24N2O2. The monoisotopic (exact) mass is 216 g/mol. The molecular weight excluding hydrogens is 192 g/mol. The van der Waals surface area contributed by atoms with Crippen LogP contribution in [-0.4, -0.2) is 19.1 Å². The molecule has 0 aliphatic heterocycles. The van der Waals surface area contributed by atoms with Gasteiger partial charge in [-0.1, -0.05) is 26.2 Å². The lowest BCUT2D eigenvalue weighted by molar-refractivity contribution is -0.121. The Labute approximate surface area is 92.5 Å². The van der Waals surface area contributed by atoms with Gasteiger partial charge in [0.15, 0.2) is 0 Å². The minimum absolute atomic E-state index is 0.166. The minimum atomic E-state index is 0.166. The van der Waals surface area contributed by atoms with Crippen LogP contribution in [0.3, 0.4) is 0 Å². The van der Waals surface area contributed by atoms with E-state index >= 15 is 0 Å². The van der Waals surface area contributed by atoms with Gasteiger partial charge in [-0.25, -0.2) is 5.90 Å². The lowest BCUT2D eigenvalue weighted by Gasteiger charge is -2.04. The fraction of sp³-hybridized carbons (Fsp3) is 0.909. The van der Waals surface area contributed by atoms with Crippen molar-refractivity contribution >= 4 is 5.91 Å². The van der Waals surface area contributed by atoms with Crippen LogP contribution in [0.15, 0.2) is 0 Å². The maximum absolute atomic E-state index is 11.3. The van der Waals surface area contributed by atoms with Crippen molar-refractivity contribution in [3.63, 3.8) is 0 Å². The number of carbonyl (C=O) groups excluding carboxylic acids is 1. The van der Waals surface area contributed by atoms with Gasteiger partial charge in [0.05, 0.1) is 6.61 Å². The fourth-order valence-corrected chi connectivity index (χ4v) is 1.34. The third-order valence-corrected chi connectivity index (χ3v) is 2.27. The highest BCUT2D eigenvalue weighted by molar-refractivity contribution is 5.75. The molecule has 0 aromatic rings. The zero-order valence-electron chi connectivity index (χ0n) is 9.76. The summed E-state index contributed by atoms with van der Waals surface area (Å²) in [4.78, 5) is 15.7. The molecule has 0 aromatic heterocycles. The average molecular weight is 216 g/mol. The first-order valence-electron chi connectivity index (χ1n) is 5.89. The van der Waals surface area contributed by atoms with E-state index in [1.807, 2.05) is 0 Å². The molecule has 0 rings (SSSR count). The molecule has 0 atom stereocenters. The zero-order valence-corrected chi connectivity index (χ0v) is 9.76. The van der Waals surface area contributed by atoms with Crippen LogP contribution >= 0.6 is 0 Å². The molecule has 4 heteroatoms. The van der Waals surface area contributed by atoms with Gasteiger partial charge in [-0.2, -0.15) is 0 Å². The van der Waals surface area contributed by atoms with Crippen LogP contribution < -0.4 is 11.2 Å². The molecule has 0 aliphatic rings. The van der Waals surface area contributed by atoms with Crippen molar-refractivity contribution in [1.29, 1.82) is 0 Å². The number of nitrogens with one attached hydrogen (secondary N) is 1. The second-order valence-corrected chi connectivity index (χ2v) is 3.74. The lowest BCUT2D eigenvalue weighted by Crippen LogP contribution is -2.23. The van der Waals surface area contributed by atoms with Crippen LogP contribution in [0.4, 0.5) is 0 Å². The lowest BCUT2D eigenvalue weighted by atomic mass is 10.2. The molecule has 0 spiro atoms. The van der Waals surface area contributed by atoms with Crippen LogP contribution in [0.2, 0.25) is 0 Å². The van der Waals surface area contributed by atoms with E-state index in [1.165, 1.54) is 12.8 Å². The smallest absolute Gasteiger partial charge is 0.219 e. The first-order valence-corrected chi connectivity index (χ1v) is 5.89. The van der Waals surface area contributed by atoms with Gasteiger partial charge in [0.25, 0.3) is 0 Å². The number of nitrogens with two attached hydrogens (primary N) is 1. The second-order valence-electron chi connectivity index (χ2n) is 3.74. The highest BCUT2D eigenvalue weighted by Crippen LogP contribution is 1.99. The van der Waals surface area contributed by atoms with Crippen LogP contribution in [0.5, 0.6) is 0 Å². The van der Waals surface area contributed by atoms with Crippen molar-refractivity contribution in [2.75, 3.05) is 13.2 Å². The molecule has 3 N–H and O–H groups in total. The summed E-state index contributed by atoms with van der Waals surface area (Å²) in [6, 6.07) is 0. The molecule has 0 saturated carbocycles. The van der Waals surface area contributed by atoms with E-state index in [9.17, 15) is 4.79 Å². The van der Waals surface area contributed by atoms with E-state index < -0.39 is 0 Å². The molecule has 0 saturated heterocycles. The normalized spacial score (nSPS) is 10.3. The molecule has 90 valence electrons. The first kappa shape index (κ1) is 14.4. The maximum Gasteiger partial charge on any atom is 0.219 e. The predicted octanol–water partition coefficient (Wildman–Crippen LogP) is 1.74. The summed E-state index contributed by atoms with van der Waals surface area (Å²) >= 11 is 0. The van der Waals surface area contributed by atoms with Gasteiger partial charge in [0.2, 0.25) is 5.91 Å². The Kier molecular flexibility index (Phi) is 11.0. The van der Waals surface area contributed by atoms with E-state index in [0.717, 1.165) is 32.2 Å². The van der Waals surface area contributed by atoms with E-state index in [0.29, 0.717) is 13.0 Å². The van der Waals surface area contributed by atoms with Crippen molar-refractivity contribution < 1.29 is 9.63 Å². The molecule has 0 radical (unpaired) electrons. The van der Waals surface area contributed by atoms with Crippen molar-refractivity contribution in [2.45, 2.75) is 51.9 Å². The molecule has 0 aliphatic carbocycles. The standard InChI is InChI=1S/C11H24N2O2/c1-2-3-6-9-13-11(14)8-5-4-7-10-15-12/h2-10,12H2,1H3,(H,13,14). The highest BCUT2D eigenvalue weighted by Gasteiger charge is 1.99. The molecule has 0 bridgehead atoms. The highest BCUT2D eigenvalue weighted by atomic mass is 16.6. The average Bonchev–Trinajstić information content (AvgIpc) is 2.24. The predicted molar refractivity (Wildman–Crippen MR) is 61.1 cm³/mol. The van der Waals surface area contributed by atoms with Crippen molar-refractivity contribution in [2.24, 2.45) is 5.90 Å². The SMILES string of the molecule is CCCCCNC(=O)CCCCCON.